The average Bonchev–Trinajstić information content (AvgIpc) is 2.73. The number of benzene rings is 1. The highest BCUT2D eigenvalue weighted by Gasteiger charge is 2.13. The SMILES string of the molecule is Fc1ccc2cc1OCCCCCc1cc(CCS)cc(n1)Nc1cc-2c(F)cn1. The number of aryl methyl sites for hydroxylation is 2. The molecule has 3 aromatic rings. The van der Waals surface area contributed by atoms with Gasteiger partial charge in [0.1, 0.15) is 17.5 Å². The zero-order chi connectivity index (χ0) is 20.9. The van der Waals surface area contributed by atoms with Gasteiger partial charge in [-0.25, -0.2) is 18.7 Å². The minimum absolute atomic E-state index is 0.133. The molecule has 0 amide bonds. The fourth-order valence-electron chi connectivity index (χ4n) is 3.52. The monoisotopic (exact) mass is 427 g/mol. The summed E-state index contributed by atoms with van der Waals surface area (Å²) >= 11 is 4.34. The van der Waals surface area contributed by atoms with Crippen LogP contribution in [0.25, 0.3) is 11.1 Å². The molecule has 0 aliphatic carbocycles. The van der Waals surface area contributed by atoms with Crippen LogP contribution in [0, 0.1) is 11.6 Å². The van der Waals surface area contributed by atoms with Gasteiger partial charge in [0.25, 0.3) is 0 Å². The van der Waals surface area contributed by atoms with Crippen molar-refractivity contribution in [1.29, 1.82) is 0 Å². The van der Waals surface area contributed by atoms with Crippen molar-refractivity contribution in [2.75, 3.05) is 17.7 Å². The highest BCUT2D eigenvalue weighted by atomic mass is 32.1. The second kappa shape index (κ2) is 9.43. The van der Waals surface area contributed by atoms with Crippen molar-refractivity contribution >= 4 is 24.3 Å². The second-order valence-electron chi connectivity index (χ2n) is 7.30. The topological polar surface area (TPSA) is 47.0 Å². The van der Waals surface area contributed by atoms with Crippen LogP contribution in [-0.2, 0) is 12.8 Å². The van der Waals surface area contributed by atoms with Crippen LogP contribution < -0.4 is 10.1 Å². The molecule has 0 saturated carbocycles. The van der Waals surface area contributed by atoms with Gasteiger partial charge in [0.05, 0.1) is 12.8 Å². The highest BCUT2D eigenvalue weighted by molar-refractivity contribution is 7.80. The lowest BCUT2D eigenvalue weighted by atomic mass is 10.1. The number of halogens is 2. The summed E-state index contributed by atoms with van der Waals surface area (Å²) in [6.07, 6.45) is 5.53. The second-order valence-corrected chi connectivity index (χ2v) is 7.75. The summed E-state index contributed by atoms with van der Waals surface area (Å²) in [5.41, 5.74) is 2.98. The Hall–Kier alpha value is -2.67. The number of anilines is 2. The molecular weight excluding hydrogens is 404 g/mol. The molecule has 1 aromatic carbocycles. The highest BCUT2D eigenvalue weighted by Crippen LogP contribution is 2.30. The number of nitrogens with one attached hydrogen (secondary N) is 1. The third-order valence-corrected chi connectivity index (χ3v) is 5.25. The number of aromatic nitrogens is 2. The molecule has 7 heteroatoms. The minimum atomic E-state index is -0.489. The zero-order valence-electron chi connectivity index (χ0n) is 16.5. The van der Waals surface area contributed by atoms with Crippen molar-refractivity contribution in [3.63, 3.8) is 0 Å². The van der Waals surface area contributed by atoms with E-state index in [1.807, 2.05) is 6.07 Å². The summed E-state index contributed by atoms with van der Waals surface area (Å²) in [5, 5.41) is 3.19. The van der Waals surface area contributed by atoms with E-state index < -0.39 is 11.6 Å². The number of nitrogens with zero attached hydrogens (tertiary/aromatic N) is 2. The lowest BCUT2D eigenvalue weighted by Gasteiger charge is -2.14. The van der Waals surface area contributed by atoms with E-state index in [0.717, 1.165) is 55.3 Å². The molecule has 0 fully saturated rings. The fraction of sp³-hybridized carbons (Fsp3) is 0.304. The summed E-state index contributed by atoms with van der Waals surface area (Å²) in [6.45, 7) is 0.407. The molecular formula is C23H23F2N3OS. The Morgan fingerprint density at radius 2 is 1.90 bits per heavy atom. The first-order valence-electron chi connectivity index (χ1n) is 10.1. The van der Waals surface area contributed by atoms with E-state index in [0.29, 0.717) is 29.4 Å². The summed E-state index contributed by atoms with van der Waals surface area (Å²) in [5.74, 6) is 1.07. The summed E-state index contributed by atoms with van der Waals surface area (Å²) in [7, 11) is 0. The number of ether oxygens (including phenoxy) is 1. The van der Waals surface area contributed by atoms with Gasteiger partial charge in [0, 0.05) is 11.3 Å². The van der Waals surface area contributed by atoms with E-state index in [9.17, 15) is 8.78 Å². The molecule has 0 unspecified atom stereocenters. The van der Waals surface area contributed by atoms with Crippen LogP contribution in [0.4, 0.5) is 20.4 Å². The Labute approximate surface area is 180 Å². The maximum absolute atomic E-state index is 14.5. The lowest BCUT2D eigenvalue weighted by Crippen LogP contribution is -2.04. The number of hydrogen-bond donors (Lipinski definition) is 2. The molecule has 0 radical (unpaired) electrons. The summed E-state index contributed by atoms with van der Waals surface area (Å²) in [4.78, 5) is 8.86. The predicted molar refractivity (Wildman–Crippen MR) is 118 cm³/mol. The van der Waals surface area contributed by atoms with Gasteiger partial charge >= 0.3 is 0 Å². The third-order valence-electron chi connectivity index (χ3n) is 5.03. The van der Waals surface area contributed by atoms with Crippen molar-refractivity contribution in [1.82, 2.24) is 9.97 Å². The standard InChI is InChI=1S/C23H23F2N3OS/c24-19-6-5-16-12-21(19)29-8-3-1-2-4-17-10-15(7-9-30)11-23(27-17)28-22-13-18(16)20(25)14-26-22/h5-6,10-14,30H,1-4,7-9H2,(H,26,27,28). The number of thiol groups is 1. The Morgan fingerprint density at radius 1 is 1.00 bits per heavy atom. The Bertz CT molecular complexity index is 1040. The van der Waals surface area contributed by atoms with Crippen molar-refractivity contribution in [3.8, 4) is 16.9 Å². The Balaban J connectivity index is 1.76. The van der Waals surface area contributed by atoms with Gasteiger partial charge in [0.15, 0.2) is 11.6 Å². The van der Waals surface area contributed by atoms with Crippen LogP contribution in [0.15, 0.2) is 42.6 Å². The fourth-order valence-corrected chi connectivity index (χ4v) is 3.78. The van der Waals surface area contributed by atoms with E-state index in [-0.39, 0.29) is 5.75 Å². The normalized spacial score (nSPS) is 14.0. The van der Waals surface area contributed by atoms with Crippen LogP contribution in [0.3, 0.4) is 0 Å². The molecule has 6 bridgehead atoms. The van der Waals surface area contributed by atoms with Crippen LogP contribution >= 0.6 is 12.6 Å². The molecule has 3 heterocycles. The van der Waals surface area contributed by atoms with Gasteiger partial charge < -0.3 is 10.1 Å². The Kier molecular flexibility index (Phi) is 6.47. The van der Waals surface area contributed by atoms with E-state index in [1.54, 1.807) is 6.07 Å². The quantitative estimate of drug-likeness (QED) is 0.512. The molecule has 0 spiro atoms. The molecule has 2 aromatic heterocycles. The van der Waals surface area contributed by atoms with Gasteiger partial charge in [-0.2, -0.15) is 12.6 Å². The van der Waals surface area contributed by atoms with Crippen molar-refractivity contribution in [2.24, 2.45) is 0 Å². The first kappa shape index (κ1) is 20.6. The molecule has 4 nitrogen and oxygen atoms in total. The average molecular weight is 428 g/mol. The molecule has 1 aliphatic rings. The van der Waals surface area contributed by atoms with E-state index in [1.165, 1.54) is 18.2 Å². The summed E-state index contributed by atoms with van der Waals surface area (Å²) in [6, 6.07) is 10.0. The number of pyridine rings is 2. The molecule has 1 N–H and O–H groups in total. The van der Waals surface area contributed by atoms with Gasteiger partial charge in [-0.1, -0.05) is 6.07 Å². The maximum Gasteiger partial charge on any atom is 0.165 e. The van der Waals surface area contributed by atoms with Crippen molar-refractivity contribution < 1.29 is 13.5 Å². The van der Waals surface area contributed by atoms with Gasteiger partial charge in [-0.05, 0) is 79.3 Å². The van der Waals surface area contributed by atoms with Crippen LogP contribution in [0.2, 0.25) is 0 Å². The van der Waals surface area contributed by atoms with Crippen molar-refractivity contribution in [3.05, 3.63) is 65.5 Å². The molecule has 156 valence electrons. The van der Waals surface area contributed by atoms with Crippen LogP contribution in [-0.4, -0.2) is 22.3 Å². The van der Waals surface area contributed by atoms with E-state index >= 15 is 0 Å². The number of fused-ring (bicyclic) bond motifs is 7. The van der Waals surface area contributed by atoms with Gasteiger partial charge in [-0.3, -0.25) is 0 Å². The molecule has 0 saturated heterocycles. The largest absolute Gasteiger partial charge is 0.490 e. The van der Waals surface area contributed by atoms with Crippen molar-refractivity contribution in [2.45, 2.75) is 32.1 Å². The molecule has 1 aliphatic heterocycles. The Morgan fingerprint density at radius 3 is 2.77 bits per heavy atom. The van der Waals surface area contributed by atoms with E-state index in [4.69, 9.17) is 9.72 Å². The molecule has 30 heavy (non-hydrogen) atoms. The molecule has 4 rings (SSSR count). The summed E-state index contributed by atoms with van der Waals surface area (Å²) < 4.78 is 34.3. The lowest BCUT2D eigenvalue weighted by molar-refractivity contribution is 0.291. The van der Waals surface area contributed by atoms with Crippen LogP contribution in [0.5, 0.6) is 5.75 Å². The minimum Gasteiger partial charge on any atom is -0.490 e. The number of hydrogen-bond acceptors (Lipinski definition) is 5. The first-order chi connectivity index (χ1) is 14.6. The number of rotatable bonds is 2. The predicted octanol–water partition coefficient (Wildman–Crippen LogP) is 5.74. The zero-order valence-corrected chi connectivity index (χ0v) is 17.4. The first-order valence-corrected chi connectivity index (χ1v) is 10.7. The van der Waals surface area contributed by atoms with Gasteiger partial charge in [0.2, 0.25) is 0 Å². The van der Waals surface area contributed by atoms with Gasteiger partial charge in [-0.15, -0.1) is 0 Å². The molecule has 0 atom stereocenters. The van der Waals surface area contributed by atoms with Crippen LogP contribution in [0.1, 0.15) is 30.5 Å². The smallest absolute Gasteiger partial charge is 0.165 e. The van der Waals surface area contributed by atoms with E-state index in [2.05, 4.69) is 29.0 Å². The maximum atomic E-state index is 14.5. The third kappa shape index (κ3) is 4.90.